The summed E-state index contributed by atoms with van der Waals surface area (Å²) in [4.78, 5) is 16.8. The molecule has 174 valence electrons. The van der Waals surface area contributed by atoms with E-state index in [0.29, 0.717) is 28.1 Å². The summed E-state index contributed by atoms with van der Waals surface area (Å²) in [6, 6.07) is 7.62. The summed E-state index contributed by atoms with van der Waals surface area (Å²) in [5.74, 6) is -4.84. The van der Waals surface area contributed by atoms with Crippen molar-refractivity contribution in [1.29, 1.82) is 5.26 Å². The summed E-state index contributed by atoms with van der Waals surface area (Å²) < 4.78 is 48.7. The van der Waals surface area contributed by atoms with Gasteiger partial charge in [0.25, 0.3) is 5.92 Å². The maximum Gasteiger partial charge on any atom is 0.272 e. The smallest absolute Gasteiger partial charge is 0.272 e. The first-order valence-corrected chi connectivity index (χ1v) is 11.0. The molecule has 3 N–H and O–H groups in total. The lowest BCUT2D eigenvalue weighted by Gasteiger charge is -2.32. The molecule has 8 nitrogen and oxygen atoms in total. The highest BCUT2D eigenvalue weighted by Crippen LogP contribution is 2.74. The lowest BCUT2D eigenvalue weighted by Crippen LogP contribution is -2.37. The second-order valence-corrected chi connectivity index (χ2v) is 9.67. The molecular weight excluding hydrogens is 467 g/mol. The molecule has 5 rings (SSSR count). The summed E-state index contributed by atoms with van der Waals surface area (Å²) in [6.45, 7) is 1.22. The zero-order valence-electron chi connectivity index (χ0n) is 18.0. The van der Waals surface area contributed by atoms with Gasteiger partial charge in [0.1, 0.15) is 28.5 Å². The molecule has 3 heterocycles. The zero-order chi connectivity index (χ0) is 24.3. The van der Waals surface area contributed by atoms with Crippen molar-refractivity contribution >= 4 is 39.5 Å². The molecule has 1 aromatic carbocycles. The molecule has 0 amide bonds. The van der Waals surface area contributed by atoms with Crippen molar-refractivity contribution in [3.05, 3.63) is 53.7 Å². The summed E-state index contributed by atoms with van der Waals surface area (Å²) in [7, 11) is 1.34. The van der Waals surface area contributed by atoms with E-state index in [0.717, 1.165) is 11.8 Å². The monoisotopic (exact) mass is 485 g/mol. The van der Waals surface area contributed by atoms with Crippen LogP contribution in [0.1, 0.15) is 18.1 Å². The maximum absolute atomic E-state index is 15.1. The number of hydrogen-bond acceptors (Lipinski definition) is 9. The summed E-state index contributed by atoms with van der Waals surface area (Å²) >= 11 is 0.775. The molecule has 0 radical (unpaired) electrons. The van der Waals surface area contributed by atoms with Gasteiger partial charge in [-0.2, -0.15) is 5.26 Å². The second-order valence-electron chi connectivity index (χ2n) is 8.32. The number of nitriles is 1. The van der Waals surface area contributed by atoms with E-state index in [1.807, 2.05) is 6.07 Å². The van der Waals surface area contributed by atoms with Crippen LogP contribution in [0.5, 0.6) is 0 Å². The molecule has 3 atom stereocenters. The van der Waals surface area contributed by atoms with Crippen molar-refractivity contribution in [2.75, 3.05) is 19.0 Å². The van der Waals surface area contributed by atoms with Gasteiger partial charge in [0, 0.05) is 24.6 Å². The summed E-state index contributed by atoms with van der Waals surface area (Å²) in [5.41, 5.74) is 5.85. The minimum absolute atomic E-state index is 0.0264. The number of pyridine rings is 1. The number of aromatic nitrogens is 3. The third-order valence-electron chi connectivity index (χ3n) is 6.24. The first-order chi connectivity index (χ1) is 16.2. The molecule has 2 aliphatic rings. The lowest BCUT2D eigenvalue weighted by atomic mass is 9.85. The predicted molar refractivity (Wildman–Crippen MR) is 121 cm³/mol. The number of alkyl halides is 2. The number of amidine groups is 1. The van der Waals surface area contributed by atoms with Crippen molar-refractivity contribution in [1.82, 2.24) is 15.0 Å². The van der Waals surface area contributed by atoms with E-state index in [9.17, 15) is 0 Å². The third kappa shape index (κ3) is 3.11. The molecule has 1 unspecified atom stereocenters. The summed E-state index contributed by atoms with van der Waals surface area (Å²) in [5, 5.41) is 12.1. The Labute approximate surface area is 196 Å². The number of benzene rings is 1. The number of fused-ring (bicyclic) bond motifs is 2. The van der Waals surface area contributed by atoms with Crippen LogP contribution in [0.15, 0.2) is 41.8 Å². The third-order valence-corrected chi connectivity index (χ3v) is 7.53. The molecular formula is C22H18F3N7OS. The first kappa shape index (κ1) is 22.4. The van der Waals surface area contributed by atoms with Gasteiger partial charge in [-0.1, -0.05) is 11.8 Å². The fraction of sp³-hybridized carbons (Fsp3) is 0.318. The highest BCUT2D eigenvalue weighted by atomic mass is 32.2. The van der Waals surface area contributed by atoms with Crippen molar-refractivity contribution < 1.29 is 17.9 Å². The van der Waals surface area contributed by atoms with Gasteiger partial charge in [-0.05, 0) is 31.2 Å². The van der Waals surface area contributed by atoms with Gasteiger partial charge >= 0.3 is 0 Å². The molecule has 1 aliphatic carbocycles. The molecule has 0 saturated heterocycles. The Morgan fingerprint density at radius 2 is 2.06 bits per heavy atom. The van der Waals surface area contributed by atoms with E-state index in [-0.39, 0.29) is 17.3 Å². The highest BCUT2D eigenvalue weighted by Gasteiger charge is 2.87. The minimum Gasteiger partial charge on any atom is -0.383 e. The Bertz CT molecular complexity index is 1390. The van der Waals surface area contributed by atoms with E-state index >= 15 is 13.2 Å². The van der Waals surface area contributed by atoms with Gasteiger partial charge in [0.15, 0.2) is 11.0 Å². The average Bonchev–Trinajstić information content (AvgIpc) is 3.29. The zero-order valence-corrected chi connectivity index (χ0v) is 18.8. The molecule has 1 fully saturated rings. The van der Waals surface area contributed by atoms with Crippen LogP contribution in [0.25, 0.3) is 11.0 Å². The van der Waals surface area contributed by atoms with Gasteiger partial charge in [-0.25, -0.2) is 28.1 Å². The van der Waals surface area contributed by atoms with Crippen LogP contribution >= 0.6 is 11.8 Å². The number of methoxy groups -OCH3 is 1. The molecule has 0 spiro atoms. The van der Waals surface area contributed by atoms with Gasteiger partial charge in [-0.15, -0.1) is 0 Å². The standard InChI is InChI=1S/C22H18F3N7OS/c1-20(18-21(9-33-2,22(18,24)25)34-19(27)32-20)13-6-12(3-4-14(13)23)31-17-16-15(29-10-30-17)5-11(7-26)8-28-16/h3-6,8,10,18H,9H2,1-2H3,(H2,27,32)(H,29,30,31)/t18?,20-,21-/m1/s1. The van der Waals surface area contributed by atoms with E-state index in [4.69, 9.17) is 15.7 Å². The largest absolute Gasteiger partial charge is 0.383 e. The number of halogens is 3. The van der Waals surface area contributed by atoms with E-state index in [1.165, 1.54) is 44.8 Å². The number of ether oxygens (including phenoxy) is 1. The van der Waals surface area contributed by atoms with Gasteiger partial charge in [-0.3, -0.25) is 4.99 Å². The SMILES string of the molecule is COC[C@@]12SC(N)=N[C@](C)(c3cc(Nc4ncnc5cc(C#N)cnc45)ccc3F)C1C2(F)F. The Hall–Kier alpha value is -3.43. The van der Waals surface area contributed by atoms with Gasteiger partial charge in [0.05, 0.1) is 29.1 Å². The molecule has 2 aromatic heterocycles. The normalized spacial score (nSPS) is 26.9. The second kappa shape index (κ2) is 7.54. The average molecular weight is 485 g/mol. The topological polar surface area (TPSA) is 122 Å². The van der Waals surface area contributed by atoms with Crippen LogP contribution < -0.4 is 11.1 Å². The van der Waals surface area contributed by atoms with Crippen molar-refractivity contribution in [2.24, 2.45) is 16.6 Å². The molecule has 1 saturated carbocycles. The Morgan fingerprint density at radius 1 is 1.26 bits per heavy atom. The maximum atomic E-state index is 15.1. The Balaban J connectivity index is 1.56. The van der Waals surface area contributed by atoms with Crippen LogP contribution in [-0.2, 0) is 10.3 Å². The highest BCUT2D eigenvalue weighted by molar-refractivity contribution is 8.15. The van der Waals surface area contributed by atoms with Gasteiger partial charge < -0.3 is 15.8 Å². The van der Waals surface area contributed by atoms with Crippen LogP contribution in [0, 0.1) is 23.1 Å². The predicted octanol–water partition coefficient (Wildman–Crippen LogP) is 3.71. The summed E-state index contributed by atoms with van der Waals surface area (Å²) in [6.07, 6.45) is 2.68. The number of nitrogens with one attached hydrogen (secondary N) is 1. The molecule has 12 heteroatoms. The van der Waals surface area contributed by atoms with Crippen LogP contribution in [0.4, 0.5) is 24.7 Å². The van der Waals surface area contributed by atoms with Gasteiger partial charge in [0.2, 0.25) is 0 Å². The fourth-order valence-corrected chi connectivity index (χ4v) is 6.21. The number of thioether (sulfide) groups is 1. The molecule has 1 aliphatic heterocycles. The molecule has 0 bridgehead atoms. The van der Waals surface area contributed by atoms with Crippen molar-refractivity contribution in [3.63, 3.8) is 0 Å². The van der Waals surface area contributed by atoms with Crippen LogP contribution in [-0.4, -0.2) is 44.5 Å². The quantitative estimate of drug-likeness (QED) is 0.561. The van der Waals surface area contributed by atoms with E-state index in [1.54, 1.807) is 6.07 Å². The number of nitrogens with zero attached hydrogens (tertiary/aromatic N) is 5. The molecule has 3 aromatic rings. The van der Waals surface area contributed by atoms with Crippen LogP contribution in [0.3, 0.4) is 0 Å². The number of aliphatic imine (C=N–C) groups is 1. The Kier molecular flexibility index (Phi) is 4.96. The number of nitrogens with two attached hydrogens (primary N) is 1. The number of hydrogen-bond donors (Lipinski definition) is 2. The number of rotatable bonds is 5. The van der Waals surface area contributed by atoms with Crippen molar-refractivity contribution in [2.45, 2.75) is 23.1 Å². The molecule has 34 heavy (non-hydrogen) atoms. The van der Waals surface area contributed by atoms with E-state index < -0.39 is 27.9 Å². The lowest BCUT2D eigenvalue weighted by molar-refractivity contribution is 0.0637. The fourth-order valence-electron chi connectivity index (χ4n) is 4.73. The van der Waals surface area contributed by atoms with Crippen LogP contribution in [0.2, 0.25) is 0 Å². The van der Waals surface area contributed by atoms with Crippen molar-refractivity contribution in [3.8, 4) is 6.07 Å². The Morgan fingerprint density at radius 3 is 2.79 bits per heavy atom. The first-order valence-electron chi connectivity index (χ1n) is 10.2. The minimum atomic E-state index is -3.16. The van der Waals surface area contributed by atoms with E-state index in [2.05, 4.69) is 25.3 Å². The number of anilines is 2.